The minimum Gasteiger partial charge on any atom is -0.324 e. The largest absolute Gasteiger partial charge is 0.401 e. The fourth-order valence-electron chi connectivity index (χ4n) is 3.28. The first kappa shape index (κ1) is 15.4. The van der Waals surface area contributed by atoms with Crippen molar-refractivity contribution in [2.24, 2.45) is 5.92 Å². The third-order valence-corrected chi connectivity index (χ3v) is 4.78. The molecule has 1 atom stereocenters. The zero-order chi connectivity index (χ0) is 16.7. The summed E-state index contributed by atoms with van der Waals surface area (Å²) in [6, 6.07) is 7.60. The molecule has 1 unspecified atom stereocenters. The van der Waals surface area contributed by atoms with E-state index >= 15 is 0 Å². The lowest BCUT2D eigenvalue weighted by atomic mass is 9.80. The molecule has 2 aliphatic rings. The number of anilines is 2. The first-order chi connectivity index (χ1) is 11.5. The Labute approximate surface area is 139 Å². The van der Waals surface area contributed by atoms with Crippen molar-refractivity contribution in [3.8, 4) is 0 Å². The maximum Gasteiger partial charge on any atom is 0.401 e. The van der Waals surface area contributed by atoms with Crippen molar-refractivity contribution in [2.45, 2.75) is 44.8 Å². The number of halogens is 2. The smallest absolute Gasteiger partial charge is 0.324 e. The first-order valence-corrected chi connectivity index (χ1v) is 8.28. The van der Waals surface area contributed by atoms with E-state index in [1.54, 1.807) is 0 Å². The minimum absolute atomic E-state index is 0.159. The summed E-state index contributed by atoms with van der Waals surface area (Å²) in [5.74, 6) is 0.633. The van der Waals surface area contributed by atoms with E-state index in [-0.39, 0.29) is 11.6 Å². The standard InChI is InChI=1S/C18H19F2N3O/c1-11-4-2-7-13(8-11)22-17-21-10-14-15(9-12-5-3-6-12)24-18(19,20)16(14)23-17/h2,4,7-8,10,12,15H,3,5-6,9H2,1H3,(H,21,22,23). The lowest BCUT2D eigenvalue weighted by Crippen LogP contribution is -2.17. The molecule has 0 spiro atoms. The van der Waals surface area contributed by atoms with Crippen LogP contribution in [0, 0.1) is 12.8 Å². The SMILES string of the molecule is Cc1cccc(Nc2ncc3c(n2)C(F)(F)OC3CC2CCC2)c1. The zero-order valence-corrected chi connectivity index (χ0v) is 13.4. The number of hydrogen-bond acceptors (Lipinski definition) is 4. The van der Waals surface area contributed by atoms with Crippen LogP contribution in [0.5, 0.6) is 0 Å². The summed E-state index contributed by atoms with van der Waals surface area (Å²) in [7, 11) is 0. The molecule has 2 heterocycles. The molecule has 4 rings (SSSR count). The van der Waals surface area contributed by atoms with Crippen LogP contribution in [-0.2, 0) is 10.8 Å². The second-order valence-electron chi connectivity index (χ2n) is 6.65. The monoisotopic (exact) mass is 331 g/mol. The highest BCUT2D eigenvalue weighted by Gasteiger charge is 2.49. The summed E-state index contributed by atoms with van der Waals surface area (Å²) >= 11 is 0. The van der Waals surface area contributed by atoms with Gasteiger partial charge in [0.15, 0.2) is 5.69 Å². The molecule has 24 heavy (non-hydrogen) atoms. The van der Waals surface area contributed by atoms with Gasteiger partial charge in [-0.15, -0.1) is 0 Å². The first-order valence-electron chi connectivity index (χ1n) is 8.28. The number of nitrogens with one attached hydrogen (secondary N) is 1. The van der Waals surface area contributed by atoms with Crippen LogP contribution in [0.4, 0.5) is 20.4 Å². The Bertz CT molecular complexity index is 762. The molecule has 1 aromatic carbocycles. The highest BCUT2D eigenvalue weighted by atomic mass is 19.3. The lowest BCUT2D eigenvalue weighted by Gasteiger charge is -2.27. The van der Waals surface area contributed by atoms with Gasteiger partial charge in [0, 0.05) is 17.4 Å². The fourth-order valence-corrected chi connectivity index (χ4v) is 3.28. The van der Waals surface area contributed by atoms with Gasteiger partial charge in [-0.05, 0) is 37.0 Å². The molecule has 1 saturated carbocycles. The van der Waals surface area contributed by atoms with Gasteiger partial charge in [0.2, 0.25) is 5.95 Å². The van der Waals surface area contributed by atoms with Crippen molar-refractivity contribution in [3.05, 3.63) is 47.3 Å². The molecule has 2 aromatic rings. The van der Waals surface area contributed by atoms with Gasteiger partial charge < -0.3 is 10.1 Å². The quantitative estimate of drug-likeness (QED) is 0.871. The van der Waals surface area contributed by atoms with Crippen LogP contribution in [0.15, 0.2) is 30.5 Å². The molecular formula is C18H19F2N3O. The van der Waals surface area contributed by atoms with Gasteiger partial charge in [-0.3, -0.25) is 0 Å². The minimum atomic E-state index is -3.35. The van der Waals surface area contributed by atoms with E-state index in [2.05, 4.69) is 15.3 Å². The predicted molar refractivity (Wildman–Crippen MR) is 86.2 cm³/mol. The molecule has 0 saturated heterocycles. The molecule has 1 aliphatic heterocycles. The second kappa shape index (κ2) is 5.77. The van der Waals surface area contributed by atoms with Gasteiger partial charge >= 0.3 is 6.11 Å². The molecule has 6 heteroatoms. The van der Waals surface area contributed by atoms with Gasteiger partial charge in [-0.1, -0.05) is 31.4 Å². The number of nitrogens with zero attached hydrogens (tertiary/aromatic N) is 2. The van der Waals surface area contributed by atoms with E-state index in [4.69, 9.17) is 4.74 Å². The third kappa shape index (κ3) is 2.86. The van der Waals surface area contributed by atoms with Crippen molar-refractivity contribution in [2.75, 3.05) is 5.32 Å². The molecule has 1 fully saturated rings. The Morgan fingerprint density at radius 3 is 2.88 bits per heavy atom. The summed E-state index contributed by atoms with van der Waals surface area (Å²) in [4.78, 5) is 8.24. The highest BCUT2D eigenvalue weighted by molar-refractivity contribution is 5.54. The Hall–Kier alpha value is -2.08. The number of rotatable bonds is 4. The average Bonchev–Trinajstić information content (AvgIpc) is 2.74. The summed E-state index contributed by atoms with van der Waals surface area (Å²) < 4.78 is 33.4. The van der Waals surface area contributed by atoms with Crippen LogP contribution in [-0.4, -0.2) is 9.97 Å². The number of aryl methyl sites for hydroxylation is 1. The van der Waals surface area contributed by atoms with Crippen LogP contribution in [0.3, 0.4) is 0 Å². The van der Waals surface area contributed by atoms with Crippen molar-refractivity contribution in [3.63, 3.8) is 0 Å². The van der Waals surface area contributed by atoms with Gasteiger partial charge in [-0.25, -0.2) is 9.97 Å². The molecule has 126 valence electrons. The Morgan fingerprint density at radius 2 is 2.17 bits per heavy atom. The second-order valence-corrected chi connectivity index (χ2v) is 6.65. The fraction of sp³-hybridized carbons (Fsp3) is 0.444. The van der Waals surface area contributed by atoms with Crippen LogP contribution >= 0.6 is 0 Å². The molecule has 1 aliphatic carbocycles. The zero-order valence-electron chi connectivity index (χ0n) is 13.4. The predicted octanol–water partition coefficient (Wildman–Crippen LogP) is 4.84. The summed E-state index contributed by atoms with van der Waals surface area (Å²) in [6.45, 7) is 1.96. The highest BCUT2D eigenvalue weighted by Crippen LogP contribution is 2.49. The van der Waals surface area contributed by atoms with Crippen LogP contribution in [0.1, 0.15) is 48.6 Å². The number of alkyl halides is 2. The number of hydrogen-bond donors (Lipinski definition) is 1. The van der Waals surface area contributed by atoms with Crippen molar-refractivity contribution in [1.82, 2.24) is 9.97 Å². The van der Waals surface area contributed by atoms with E-state index in [0.717, 1.165) is 24.1 Å². The van der Waals surface area contributed by atoms with Crippen molar-refractivity contribution >= 4 is 11.6 Å². The Balaban J connectivity index is 1.59. The lowest BCUT2D eigenvalue weighted by molar-refractivity contribution is -0.261. The van der Waals surface area contributed by atoms with Gasteiger partial charge in [0.1, 0.15) is 0 Å². The molecule has 0 amide bonds. The van der Waals surface area contributed by atoms with Gasteiger partial charge in [0.25, 0.3) is 0 Å². The Kier molecular flexibility index (Phi) is 3.72. The van der Waals surface area contributed by atoms with Crippen molar-refractivity contribution < 1.29 is 13.5 Å². The van der Waals surface area contributed by atoms with E-state index < -0.39 is 12.2 Å². The topological polar surface area (TPSA) is 47.0 Å². The number of ether oxygens (including phenoxy) is 1. The summed E-state index contributed by atoms with van der Waals surface area (Å²) in [5.41, 5.74) is 1.94. The van der Waals surface area contributed by atoms with Crippen molar-refractivity contribution in [1.29, 1.82) is 0 Å². The maximum absolute atomic E-state index is 14.2. The molecular weight excluding hydrogens is 312 g/mol. The number of benzene rings is 1. The normalized spacial score (nSPS) is 22.0. The summed E-state index contributed by atoms with van der Waals surface area (Å²) in [6.07, 6.45) is 1.50. The molecule has 4 nitrogen and oxygen atoms in total. The third-order valence-electron chi connectivity index (χ3n) is 4.78. The molecule has 1 N–H and O–H groups in total. The van der Waals surface area contributed by atoms with E-state index in [1.165, 1.54) is 12.6 Å². The number of fused-ring (bicyclic) bond motifs is 1. The van der Waals surface area contributed by atoms with E-state index in [0.29, 0.717) is 17.9 Å². The number of aromatic nitrogens is 2. The summed E-state index contributed by atoms with van der Waals surface area (Å²) in [5, 5.41) is 2.98. The van der Waals surface area contributed by atoms with E-state index in [1.807, 2.05) is 31.2 Å². The van der Waals surface area contributed by atoms with Crippen LogP contribution < -0.4 is 5.32 Å². The van der Waals surface area contributed by atoms with Crippen LogP contribution in [0.2, 0.25) is 0 Å². The molecule has 0 bridgehead atoms. The molecule has 1 aromatic heterocycles. The van der Waals surface area contributed by atoms with Crippen LogP contribution in [0.25, 0.3) is 0 Å². The van der Waals surface area contributed by atoms with Gasteiger partial charge in [-0.2, -0.15) is 8.78 Å². The van der Waals surface area contributed by atoms with Gasteiger partial charge in [0.05, 0.1) is 6.10 Å². The Morgan fingerprint density at radius 1 is 1.33 bits per heavy atom. The van der Waals surface area contributed by atoms with E-state index in [9.17, 15) is 8.78 Å². The average molecular weight is 331 g/mol. The maximum atomic E-state index is 14.2. The molecule has 0 radical (unpaired) electrons.